The molecule has 0 aromatic rings. The normalized spacial score (nSPS) is 17.7. The predicted octanol–water partition coefficient (Wildman–Crippen LogP) is 6.15. The lowest BCUT2D eigenvalue weighted by Gasteiger charge is -2.20. The fourth-order valence-electron chi connectivity index (χ4n) is 4.07. The monoisotopic (exact) mass is 392 g/mol. The topological polar surface area (TPSA) is 52.6 Å². The van der Waals surface area contributed by atoms with Gasteiger partial charge in [0.25, 0.3) is 0 Å². The van der Waals surface area contributed by atoms with E-state index in [-0.39, 0.29) is 11.9 Å². The van der Waals surface area contributed by atoms with Crippen LogP contribution in [0.1, 0.15) is 89.9 Å². The number of carbonyl (C=O) groups excluding carboxylic acids is 2. The summed E-state index contributed by atoms with van der Waals surface area (Å²) in [5, 5.41) is 0. The zero-order chi connectivity index (χ0) is 20.5. The van der Waals surface area contributed by atoms with Crippen LogP contribution in [0, 0.1) is 11.8 Å². The van der Waals surface area contributed by atoms with E-state index in [0.717, 1.165) is 12.3 Å². The van der Waals surface area contributed by atoms with Crippen LogP contribution in [0.25, 0.3) is 0 Å². The summed E-state index contributed by atoms with van der Waals surface area (Å²) < 4.78 is 9.86. The van der Waals surface area contributed by atoms with Gasteiger partial charge in [-0.1, -0.05) is 76.7 Å². The third kappa shape index (κ3) is 12.7. The highest BCUT2D eigenvalue weighted by Crippen LogP contribution is 2.28. The van der Waals surface area contributed by atoms with Crippen LogP contribution in [-0.4, -0.2) is 25.2 Å². The number of hydrogen-bond donors (Lipinski definition) is 0. The molecule has 0 unspecified atom stereocenters. The molecule has 0 aliphatic heterocycles. The average Bonchev–Trinajstić information content (AvgIpc) is 2.73. The molecule has 2 saturated carbocycles. The number of rotatable bonds is 10. The van der Waals surface area contributed by atoms with Crippen molar-refractivity contribution in [3.8, 4) is 0 Å². The summed E-state index contributed by atoms with van der Waals surface area (Å²) >= 11 is 0. The molecule has 28 heavy (non-hydrogen) atoms. The Hall–Kier alpha value is -1.58. The number of ether oxygens (including phenoxy) is 2. The number of carbonyl (C=O) groups is 2. The average molecular weight is 393 g/mol. The van der Waals surface area contributed by atoms with E-state index in [0.29, 0.717) is 32.0 Å². The van der Waals surface area contributed by atoms with Crippen molar-refractivity contribution in [2.45, 2.75) is 89.9 Å². The fraction of sp³-hybridized carbons (Fsp3) is 0.750. The van der Waals surface area contributed by atoms with E-state index in [1.165, 1.54) is 70.6 Å². The minimum atomic E-state index is -0.0780. The second-order valence-electron chi connectivity index (χ2n) is 8.05. The predicted molar refractivity (Wildman–Crippen MR) is 114 cm³/mol. The van der Waals surface area contributed by atoms with Gasteiger partial charge >= 0.3 is 11.9 Å². The maximum absolute atomic E-state index is 11.2. The van der Waals surface area contributed by atoms with Crippen molar-refractivity contribution < 1.29 is 19.1 Å². The van der Waals surface area contributed by atoms with Gasteiger partial charge in [-0.25, -0.2) is 0 Å². The lowest BCUT2D eigenvalue weighted by atomic mass is 9.86. The van der Waals surface area contributed by atoms with Crippen LogP contribution in [0.2, 0.25) is 0 Å². The quantitative estimate of drug-likeness (QED) is 0.330. The second-order valence-corrected chi connectivity index (χ2v) is 8.05. The van der Waals surface area contributed by atoms with Gasteiger partial charge < -0.3 is 9.47 Å². The van der Waals surface area contributed by atoms with E-state index >= 15 is 0 Å². The van der Waals surface area contributed by atoms with Gasteiger partial charge in [0.2, 0.25) is 0 Å². The fourth-order valence-corrected chi connectivity index (χ4v) is 4.07. The van der Waals surface area contributed by atoms with E-state index in [1.54, 1.807) is 12.2 Å². The Balaban J connectivity index is 0.000000283. The van der Waals surface area contributed by atoms with Crippen molar-refractivity contribution >= 4 is 11.9 Å². The largest absolute Gasteiger partial charge is 0.461 e. The zero-order valence-electron chi connectivity index (χ0n) is 17.7. The summed E-state index contributed by atoms with van der Waals surface area (Å²) in [7, 11) is 0. The minimum Gasteiger partial charge on any atom is -0.461 e. The van der Waals surface area contributed by atoms with Crippen molar-refractivity contribution in [3.63, 3.8) is 0 Å². The minimum absolute atomic E-state index is 0.0631. The third-order valence-electron chi connectivity index (χ3n) is 5.62. The Kier molecular flexibility index (Phi) is 14.3. The lowest BCUT2D eigenvalue weighted by Crippen LogP contribution is -2.14. The molecule has 0 spiro atoms. The number of hydrogen-bond acceptors (Lipinski definition) is 4. The molecule has 0 bridgehead atoms. The van der Waals surface area contributed by atoms with Crippen molar-refractivity contribution in [3.05, 3.63) is 25.3 Å². The van der Waals surface area contributed by atoms with E-state index in [4.69, 9.17) is 9.47 Å². The summed E-state index contributed by atoms with van der Waals surface area (Å²) in [5.74, 6) is 1.30. The zero-order valence-corrected chi connectivity index (χ0v) is 17.7. The highest BCUT2D eigenvalue weighted by Gasteiger charge is 2.17. The van der Waals surface area contributed by atoms with Crippen LogP contribution in [0.15, 0.2) is 25.3 Å². The number of esters is 2. The summed E-state index contributed by atoms with van der Waals surface area (Å²) in [4.78, 5) is 22.4. The molecule has 0 amide bonds. The molecule has 0 aromatic carbocycles. The first-order valence-corrected chi connectivity index (χ1v) is 11.2. The Morgan fingerprint density at radius 3 is 1.79 bits per heavy atom. The van der Waals surface area contributed by atoms with Crippen LogP contribution in [-0.2, 0) is 19.1 Å². The van der Waals surface area contributed by atoms with Crippen LogP contribution in [0.5, 0.6) is 0 Å². The molecule has 0 atom stereocenters. The first-order valence-electron chi connectivity index (χ1n) is 11.2. The van der Waals surface area contributed by atoms with E-state index in [2.05, 4.69) is 13.2 Å². The Morgan fingerprint density at radius 2 is 1.25 bits per heavy atom. The third-order valence-corrected chi connectivity index (χ3v) is 5.62. The van der Waals surface area contributed by atoms with Crippen LogP contribution < -0.4 is 0 Å². The van der Waals surface area contributed by atoms with E-state index in [1.807, 2.05) is 0 Å². The highest BCUT2D eigenvalue weighted by atomic mass is 16.5. The molecule has 0 radical (unpaired) electrons. The van der Waals surface area contributed by atoms with Gasteiger partial charge in [0.15, 0.2) is 0 Å². The van der Waals surface area contributed by atoms with Gasteiger partial charge in [-0.15, -0.1) is 0 Å². The second kappa shape index (κ2) is 16.4. The molecule has 0 saturated heterocycles. The highest BCUT2D eigenvalue weighted by molar-refractivity contribution is 5.69. The first-order chi connectivity index (χ1) is 13.7. The van der Waals surface area contributed by atoms with Crippen LogP contribution >= 0.6 is 0 Å². The van der Waals surface area contributed by atoms with Crippen molar-refractivity contribution in [2.24, 2.45) is 11.8 Å². The molecule has 0 heterocycles. The van der Waals surface area contributed by atoms with Crippen molar-refractivity contribution in [2.75, 3.05) is 13.2 Å². The molecule has 2 aliphatic carbocycles. The van der Waals surface area contributed by atoms with Gasteiger partial charge in [0.05, 0.1) is 0 Å². The summed E-state index contributed by atoms with van der Waals surface area (Å²) in [6.45, 7) is 7.71. The Bertz CT molecular complexity index is 446. The molecule has 4 nitrogen and oxygen atoms in total. The molecule has 2 rings (SSSR count). The first kappa shape index (κ1) is 24.5. The van der Waals surface area contributed by atoms with Gasteiger partial charge in [0.1, 0.15) is 13.2 Å². The molecular formula is C24H40O4. The van der Waals surface area contributed by atoms with E-state index in [9.17, 15) is 9.59 Å². The van der Waals surface area contributed by atoms with Gasteiger partial charge in [-0.3, -0.25) is 9.59 Å². The maximum atomic E-state index is 11.2. The summed E-state index contributed by atoms with van der Waals surface area (Å²) in [6.07, 6.45) is 19.8. The van der Waals surface area contributed by atoms with Crippen LogP contribution in [0.4, 0.5) is 0 Å². The van der Waals surface area contributed by atoms with Crippen molar-refractivity contribution in [1.82, 2.24) is 0 Å². The maximum Gasteiger partial charge on any atom is 0.306 e. The summed E-state index contributed by atoms with van der Waals surface area (Å²) in [6, 6.07) is 0. The molecule has 2 aliphatic rings. The molecular weight excluding hydrogens is 352 g/mol. The molecule has 0 aromatic heterocycles. The van der Waals surface area contributed by atoms with Gasteiger partial charge in [-0.2, -0.15) is 0 Å². The SMILES string of the molecule is C=CCOC(=O)CC1CCCCC1.C=CCOC(=O)CCCC1CCCCC1. The lowest BCUT2D eigenvalue weighted by molar-refractivity contribution is -0.144. The Morgan fingerprint density at radius 1 is 0.750 bits per heavy atom. The van der Waals surface area contributed by atoms with Gasteiger partial charge in [0, 0.05) is 12.8 Å². The molecule has 0 N–H and O–H groups in total. The summed E-state index contributed by atoms with van der Waals surface area (Å²) in [5.41, 5.74) is 0. The smallest absolute Gasteiger partial charge is 0.306 e. The van der Waals surface area contributed by atoms with Crippen molar-refractivity contribution in [1.29, 1.82) is 0 Å². The molecule has 4 heteroatoms. The standard InChI is InChI=1S/C13H22O2.C11H18O2/c1-2-11-15-13(14)10-6-9-12-7-4-3-5-8-12;1-2-8-13-11(12)9-10-6-4-3-5-7-10/h2,12H,1,3-11H2;2,10H,1,3-9H2. The van der Waals surface area contributed by atoms with Gasteiger partial charge in [-0.05, 0) is 37.5 Å². The Labute approximate surface area is 171 Å². The van der Waals surface area contributed by atoms with Crippen LogP contribution in [0.3, 0.4) is 0 Å². The molecule has 2 fully saturated rings. The molecule has 160 valence electrons. The van der Waals surface area contributed by atoms with E-state index < -0.39 is 0 Å².